The number of ether oxygens (including phenoxy) is 1. The molecule has 2 rings (SSSR count). The smallest absolute Gasteiger partial charge is 0.222 e. The summed E-state index contributed by atoms with van der Waals surface area (Å²) in [6, 6.07) is 8.63. The number of aromatic nitrogens is 1. The zero-order valence-corrected chi connectivity index (χ0v) is 11.3. The van der Waals surface area contributed by atoms with Crippen LogP contribution in [0.25, 0.3) is 0 Å². The highest BCUT2D eigenvalue weighted by atomic mass is 35.5. The molecule has 0 saturated heterocycles. The number of hydrogen-bond donors (Lipinski definition) is 1. The Bertz CT molecular complexity index is 553. The number of rotatable bonds is 3. The number of anilines is 1. The van der Waals surface area contributed by atoms with Crippen LogP contribution in [-0.4, -0.2) is 4.98 Å². The summed E-state index contributed by atoms with van der Waals surface area (Å²) in [6.07, 6.45) is 0.834. The number of aryl methyl sites for hydroxylation is 1. The van der Waals surface area contributed by atoms with Crippen molar-refractivity contribution in [2.24, 2.45) is 0 Å². The minimum absolute atomic E-state index is 0.301. The highest BCUT2D eigenvalue weighted by Crippen LogP contribution is 2.27. The van der Waals surface area contributed by atoms with E-state index in [1.807, 2.05) is 13.0 Å². The Hall–Kier alpha value is -1.45. The Morgan fingerprint density at radius 1 is 1.22 bits per heavy atom. The van der Waals surface area contributed by atoms with E-state index in [9.17, 15) is 0 Å². The van der Waals surface area contributed by atoms with Crippen molar-refractivity contribution in [1.82, 2.24) is 4.98 Å². The van der Waals surface area contributed by atoms with E-state index in [-0.39, 0.29) is 0 Å². The number of halogens is 2. The quantitative estimate of drug-likeness (QED) is 0.853. The van der Waals surface area contributed by atoms with Crippen LogP contribution >= 0.6 is 23.2 Å². The molecule has 2 aromatic rings. The molecule has 0 amide bonds. The third kappa shape index (κ3) is 3.06. The van der Waals surface area contributed by atoms with Crippen LogP contribution in [0.2, 0.25) is 10.2 Å². The van der Waals surface area contributed by atoms with Gasteiger partial charge in [0.1, 0.15) is 10.9 Å². The maximum atomic E-state index is 6.04. The fourth-order valence-corrected chi connectivity index (χ4v) is 2.01. The lowest BCUT2D eigenvalue weighted by Crippen LogP contribution is -1.93. The topological polar surface area (TPSA) is 48.1 Å². The summed E-state index contributed by atoms with van der Waals surface area (Å²) in [5, 5.41) is 1.03. The normalized spacial score (nSPS) is 10.4. The average Bonchev–Trinajstić information content (AvgIpc) is 2.30. The minimum atomic E-state index is 0.301. The van der Waals surface area contributed by atoms with E-state index >= 15 is 0 Å². The predicted octanol–water partition coefficient (Wildman–Crippen LogP) is 4.33. The highest BCUT2D eigenvalue weighted by Gasteiger charge is 2.05. The van der Waals surface area contributed by atoms with E-state index in [2.05, 4.69) is 4.98 Å². The van der Waals surface area contributed by atoms with Gasteiger partial charge in [-0.3, -0.25) is 0 Å². The van der Waals surface area contributed by atoms with Gasteiger partial charge in [-0.15, -0.1) is 0 Å². The summed E-state index contributed by atoms with van der Waals surface area (Å²) in [7, 11) is 0. The van der Waals surface area contributed by atoms with Gasteiger partial charge >= 0.3 is 0 Å². The number of nitrogen functional groups attached to an aromatic ring is 1. The second kappa shape index (κ2) is 5.46. The second-order valence-electron chi connectivity index (χ2n) is 3.77. The number of benzene rings is 1. The first-order chi connectivity index (χ1) is 8.58. The Kier molecular flexibility index (Phi) is 3.94. The van der Waals surface area contributed by atoms with Gasteiger partial charge in [-0.05, 0) is 36.2 Å². The minimum Gasteiger partial charge on any atom is -0.439 e. The monoisotopic (exact) mass is 282 g/mol. The number of hydrogen-bond acceptors (Lipinski definition) is 3. The molecule has 0 atom stereocenters. The van der Waals surface area contributed by atoms with Crippen molar-refractivity contribution in [2.75, 3.05) is 5.73 Å². The summed E-state index contributed by atoms with van der Waals surface area (Å²) >= 11 is 11.8. The molecule has 0 radical (unpaired) electrons. The number of nitrogens with zero attached hydrogens (tertiary/aromatic N) is 1. The largest absolute Gasteiger partial charge is 0.439 e. The molecule has 18 heavy (non-hydrogen) atoms. The van der Waals surface area contributed by atoms with E-state index in [1.165, 1.54) is 0 Å². The average molecular weight is 283 g/mol. The van der Waals surface area contributed by atoms with E-state index in [0.717, 1.165) is 17.0 Å². The number of nitrogens with two attached hydrogens (primary N) is 1. The van der Waals surface area contributed by atoms with Crippen molar-refractivity contribution in [3.63, 3.8) is 0 Å². The van der Waals surface area contributed by atoms with E-state index in [1.54, 1.807) is 24.3 Å². The van der Waals surface area contributed by atoms with Crippen molar-refractivity contribution >= 4 is 28.9 Å². The Labute approximate surface area is 115 Å². The molecule has 1 aromatic carbocycles. The molecule has 0 saturated carbocycles. The first kappa shape index (κ1) is 13.0. The van der Waals surface area contributed by atoms with Crippen LogP contribution in [0.3, 0.4) is 0 Å². The van der Waals surface area contributed by atoms with Gasteiger partial charge in [-0.1, -0.05) is 30.1 Å². The Balaban J connectivity index is 2.28. The third-order valence-electron chi connectivity index (χ3n) is 2.41. The summed E-state index contributed by atoms with van der Waals surface area (Å²) < 4.78 is 5.60. The fraction of sp³-hybridized carbons (Fsp3) is 0.154. The van der Waals surface area contributed by atoms with Crippen LogP contribution < -0.4 is 10.5 Å². The van der Waals surface area contributed by atoms with Crippen molar-refractivity contribution in [3.05, 3.63) is 46.1 Å². The van der Waals surface area contributed by atoms with Crippen LogP contribution in [-0.2, 0) is 6.42 Å². The van der Waals surface area contributed by atoms with Crippen LogP contribution in [0.5, 0.6) is 11.6 Å². The third-order valence-corrected chi connectivity index (χ3v) is 2.98. The standard InChI is InChI=1S/C13H12Cl2N2O/c1-2-8-5-10(3-4-11(8)14)18-13-7-9(16)6-12(15)17-13/h3-7H,2H2,1H3,(H2,16,17). The Morgan fingerprint density at radius 3 is 2.67 bits per heavy atom. The van der Waals surface area contributed by atoms with Crippen molar-refractivity contribution in [2.45, 2.75) is 13.3 Å². The number of pyridine rings is 1. The van der Waals surface area contributed by atoms with Gasteiger partial charge in [-0.2, -0.15) is 0 Å². The maximum absolute atomic E-state index is 6.04. The van der Waals surface area contributed by atoms with Gasteiger partial charge in [0.25, 0.3) is 0 Å². The lowest BCUT2D eigenvalue weighted by Gasteiger charge is -2.08. The molecule has 0 spiro atoms. The second-order valence-corrected chi connectivity index (χ2v) is 4.56. The highest BCUT2D eigenvalue weighted by molar-refractivity contribution is 6.31. The predicted molar refractivity (Wildman–Crippen MR) is 74.6 cm³/mol. The van der Waals surface area contributed by atoms with Crippen LogP contribution in [0, 0.1) is 0 Å². The summed E-state index contributed by atoms with van der Waals surface area (Å²) in [5.41, 5.74) is 7.19. The van der Waals surface area contributed by atoms with Gasteiger partial charge in [0.15, 0.2) is 0 Å². The fourth-order valence-electron chi connectivity index (χ4n) is 1.55. The molecule has 1 heterocycles. The molecule has 0 bridgehead atoms. The molecule has 3 nitrogen and oxygen atoms in total. The SMILES string of the molecule is CCc1cc(Oc2cc(N)cc(Cl)n2)ccc1Cl. The first-order valence-electron chi connectivity index (χ1n) is 5.48. The zero-order chi connectivity index (χ0) is 13.1. The van der Waals surface area contributed by atoms with Crippen molar-refractivity contribution < 1.29 is 4.74 Å². The van der Waals surface area contributed by atoms with Crippen LogP contribution in [0.4, 0.5) is 5.69 Å². The molecule has 1 aromatic heterocycles. The van der Waals surface area contributed by atoms with Gasteiger partial charge < -0.3 is 10.5 Å². The molecule has 0 unspecified atom stereocenters. The van der Waals surface area contributed by atoms with E-state index in [0.29, 0.717) is 22.5 Å². The molecule has 0 aliphatic carbocycles. The molecule has 0 aliphatic rings. The summed E-state index contributed by atoms with van der Waals surface area (Å²) in [5.74, 6) is 1.02. The van der Waals surface area contributed by atoms with E-state index < -0.39 is 0 Å². The first-order valence-corrected chi connectivity index (χ1v) is 6.23. The molecular weight excluding hydrogens is 271 g/mol. The molecule has 94 valence electrons. The molecule has 5 heteroatoms. The Morgan fingerprint density at radius 2 is 2.00 bits per heavy atom. The van der Waals surface area contributed by atoms with Crippen LogP contribution in [0.15, 0.2) is 30.3 Å². The lowest BCUT2D eigenvalue weighted by molar-refractivity contribution is 0.463. The van der Waals surface area contributed by atoms with E-state index in [4.69, 9.17) is 33.7 Å². The lowest BCUT2D eigenvalue weighted by atomic mass is 10.1. The molecule has 2 N–H and O–H groups in total. The van der Waals surface area contributed by atoms with Gasteiger partial charge in [-0.25, -0.2) is 4.98 Å². The van der Waals surface area contributed by atoms with Crippen LogP contribution in [0.1, 0.15) is 12.5 Å². The molecule has 0 fully saturated rings. The summed E-state index contributed by atoms with van der Waals surface area (Å²) in [4.78, 5) is 4.04. The summed E-state index contributed by atoms with van der Waals surface area (Å²) in [6.45, 7) is 2.03. The maximum Gasteiger partial charge on any atom is 0.222 e. The molecule has 0 aliphatic heterocycles. The molecular formula is C13H12Cl2N2O. The van der Waals surface area contributed by atoms with Gasteiger partial charge in [0.2, 0.25) is 5.88 Å². The van der Waals surface area contributed by atoms with Crippen molar-refractivity contribution in [1.29, 1.82) is 0 Å². The van der Waals surface area contributed by atoms with Gasteiger partial charge in [0.05, 0.1) is 0 Å². The van der Waals surface area contributed by atoms with Gasteiger partial charge in [0, 0.05) is 16.8 Å². The zero-order valence-electron chi connectivity index (χ0n) is 9.78. The van der Waals surface area contributed by atoms with Crippen molar-refractivity contribution in [3.8, 4) is 11.6 Å².